The molecule has 2 aromatic heterocycles. The number of carbonyl (C=O) groups excluding carboxylic acids is 1. The van der Waals surface area contributed by atoms with Crippen LogP contribution >= 0.6 is 0 Å². The highest BCUT2D eigenvalue weighted by Gasteiger charge is 2.34. The average molecular weight is 473 g/mol. The lowest BCUT2D eigenvalue weighted by atomic mass is 10.00. The summed E-state index contributed by atoms with van der Waals surface area (Å²) in [5, 5.41) is 8.26. The number of rotatable bonds is 5. The fourth-order valence-corrected chi connectivity index (χ4v) is 5.55. The number of amides is 1. The maximum absolute atomic E-state index is 12.4. The smallest absolute Gasteiger partial charge is 0.225 e. The van der Waals surface area contributed by atoms with Crippen LogP contribution in [-0.4, -0.2) is 77.2 Å². The molecule has 1 N–H and O–H groups in total. The number of hydrogen-bond acceptors (Lipinski definition) is 5. The molecule has 7 heteroatoms. The second kappa shape index (κ2) is 9.28. The zero-order valence-electron chi connectivity index (χ0n) is 20.9. The van der Waals surface area contributed by atoms with Crippen LogP contribution in [0.5, 0.6) is 0 Å². The molecule has 0 unspecified atom stereocenters. The summed E-state index contributed by atoms with van der Waals surface area (Å²) < 4.78 is 1.99. The second-order valence-electron chi connectivity index (χ2n) is 10.6. The topological polar surface area (TPSA) is 56.1 Å². The van der Waals surface area contributed by atoms with E-state index in [0.717, 1.165) is 64.2 Å². The van der Waals surface area contributed by atoms with E-state index in [1.165, 1.54) is 22.4 Å². The average Bonchev–Trinajstić information content (AvgIpc) is 3.66. The Morgan fingerprint density at radius 2 is 1.77 bits per heavy atom. The van der Waals surface area contributed by atoms with E-state index in [4.69, 9.17) is 0 Å². The molecule has 1 aliphatic carbocycles. The number of nitrogens with one attached hydrogen (secondary N) is 1. The molecule has 4 heterocycles. The fraction of sp³-hybridized carbons (Fsp3) is 0.500. The van der Waals surface area contributed by atoms with E-state index in [9.17, 15) is 4.79 Å². The number of benzene rings is 1. The SMILES string of the molecule is CC(C)N1CCN[C@H](c2ccc(-c3cc4c(N5CCN(C(=O)C6CC6)CC5)ccnn4c3)cc2)C1. The molecule has 0 bridgehead atoms. The van der Waals surface area contributed by atoms with Gasteiger partial charge in [0.25, 0.3) is 0 Å². The largest absolute Gasteiger partial charge is 0.366 e. The number of piperazine rings is 2. The summed E-state index contributed by atoms with van der Waals surface area (Å²) in [4.78, 5) is 19.4. The van der Waals surface area contributed by atoms with Crippen LogP contribution in [0.3, 0.4) is 0 Å². The lowest BCUT2D eigenvalue weighted by Gasteiger charge is -2.36. The minimum absolute atomic E-state index is 0.303. The Morgan fingerprint density at radius 1 is 1.00 bits per heavy atom. The van der Waals surface area contributed by atoms with Gasteiger partial charge in [-0.25, -0.2) is 4.52 Å². The zero-order valence-corrected chi connectivity index (χ0v) is 20.9. The van der Waals surface area contributed by atoms with Gasteiger partial charge in [0.05, 0.1) is 11.2 Å². The molecule has 3 aliphatic rings. The van der Waals surface area contributed by atoms with Crippen LogP contribution < -0.4 is 10.2 Å². The number of fused-ring (bicyclic) bond motifs is 1. The summed E-state index contributed by atoms with van der Waals surface area (Å²) >= 11 is 0. The molecule has 2 saturated heterocycles. The van der Waals surface area contributed by atoms with Crippen molar-refractivity contribution >= 4 is 17.1 Å². The molecule has 35 heavy (non-hydrogen) atoms. The Hall–Kier alpha value is -2.90. The lowest BCUT2D eigenvalue weighted by Crippen LogP contribution is -2.49. The molecule has 1 aromatic carbocycles. The van der Waals surface area contributed by atoms with E-state index in [0.29, 0.717) is 23.9 Å². The van der Waals surface area contributed by atoms with Crippen LogP contribution in [0.25, 0.3) is 16.6 Å². The number of hydrogen-bond donors (Lipinski definition) is 1. The van der Waals surface area contributed by atoms with Gasteiger partial charge < -0.3 is 15.1 Å². The highest BCUT2D eigenvalue weighted by atomic mass is 16.2. The molecule has 1 amide bonds. The molecule has 184 valence electrons. The van der Waals surface area contributed by atoms with E-state index >= 15 is 0 Å². The predicted molar refractivity (Wildman–Crippen MR) is 140 cm³/mol. The molecule has 3 aromatic rings. The summed E-state index contributed by atoms with van der Waals surface area (Å²) in [6, 6.07) is 14.3. The van der Waals surface area contributed by atoms with Crippen LogP contribution in [0, 0.1) is 5.92 Å². The summed E-state index contributed by atoms with van der Waals surface area (Å²) in [6.45, 7) is 11.1. The van der Waals surface area contributed by atoms with Crippen molar-refractivity contribution < 1.29 is 4.79 Å². The molecule has 2 aliphatic heterocycles. The third kappa shape index (κ3) is 4.55. The molecule has 0 spiro atoms. The van der Waals surface area contributed by atoms with Crippen LogP contribution in [0.1, 0.15) is 38.3 Å². The van der Waals surface area contributed by atoms with E-state index in [1.54, 1.807) is 0 Å². The van der Waals surface area contributed by atoms with Crippen molar-refractivity contribution in [2.75, 3.05) is 50.7 Å². The van der Waals surface area contributed by atoms with Crippen LogP contribution in [0.2, 0.25) is 0 Å². The fourth-order valence-electron chi connectivity index (χ4n) is 5.55. The van der Waals surface area contributed by atoms with Gasteiger partial charge in [-0.3, -0.25) is 9.69 Å². The van der Waals surface area contributed by atoms with Gasteiger partial charge in [0, 0.05) is 81.8 Å². The van der Waals surface area contributed by atoms with E-state index < -0.39 is 0 Å². The highest BCUT2D eigenvalue weighted by molar-refractivity contribution is 5.82. The molecule has 1 atom stereocenters. The summed E-state index contributed by atoms with van der Waals surface area (Å²) in [6.07, 6.45) is 6.16. The van der Waals surface area contributed by atoms with Crippen molar-refractivity contribution in [3.8, 4) is 11.1 Å². The Balaban J connectivity index is 1.18. The van der Waals surface area contributed by atoms with Gasteiger partial charge in [-0.05, 0) is 49.9 Å². The monoisotopic (exact) mass is 472 g/mol. The van der Waals surface area contributed by atoms with Gasteiger partial charge >= 0.3 is 0 Å². The van der Waals surface area contributed by atoms with Crippen molar-refractivity contribution in [1.82, 2.24) is 24.7 Å². The van der Waals surface area contributed by atoms with Gasteiger partial charge in [-0.1, -0.05) is 24.3 Å². The maximum Gasteiger partial charge on any atom is 0.225 e. The molecular weight excluding hydrogens is 436 g/mol. The van der Waals surface area contributed by atoms with Crippen molar-refractivity contribution in [3.63, 3.8) is 0 Å². The third-order valence-corrected chi connectivity index (χ3v) is 7.93. The van der Waals surface area contributed by atoms with Crippen molar-refractivity contribution in [2.45, 2.75) is 38.8 Å². The van der Waals surface area contributed by atoms with Crippen LogP contribution in [0.4, 0.5) is 5.69 Å². The Kier molecular flexibility index (Phi) is 5.98. The number of nitrogens with zero attached hydrogens (tertiary/aromatic N) is 5. The van der Waals surface area contributed by atoms with Gasteiger partial charge in [0.1, 0.15) is 0 Å². The second-order valence-corrected chi connectivity index (χ2v) is 10.6. The molecule has 0 radical (unpaired) electrons. The number of anilines is 1. The van der Waals surface area contributed by atoms with Gasteiger partial charge in [0.2, 0.25) is 5.91 Å². The first-order valence-corrected chi connectivity index (χ1v) is 13.2. The maximum atomic E-state index is 12.4. The lowest BCUT2D eigenvalue weighted by molar-refractivity contribution is -0.132. The van der Waals surface area contributed by atoms with E-state index in [1.807, 2.05) is 10.7 Å². The third-order valence-electron chi connectivity index (χ3n) is 7.93. The molecule has 3 fully saturated rings. The van der Waals surface area contributed by atoms with E-state index in [2.05, 4.69) is 81.6 Å². The molecule has 7 nitrogen and oxygen atoms in total. The van der Waals surface area contributed by atoms with Crippen LogP contribution in [-0.2, 0) is 4.79 Å². The number of aromatic nitrogens is 2. The first-order valence-electron chi connectivity index (χ1n) is 13.2. The van der Waals surface area contributed by atoms with Gasteiger partial charge in [0.15, 0.2) is 0 Å². The summed E-state index contributed by atoms with van der Waals surface area (Å²) in [5.74, 6) is 0.662. The molecule has 1 saturated carbocycles. The normalized spacial score (nSPS) is 21.7. The minimum Gasteiger partial charge on any atom is -0.366 e. The van der Waals surface area contributed by atoms with Crippen molar-refractivity contribution in [1.29, 1.82) is 0 Å². The Bertz CT molecular complexity index is 1190. The predicted octanol–water partition coefficient (Wildman–Crippen LogP) is 3.41. The highest BCUT2D eigenvalue weighted by Crippen LogP contribution is 2.33. The molecular formula is C28H36N6O. The van der Waals surface area contributed by atoms with Crippen molar-refractivity contribution in [2.24, 2.45) is 5.92 Å². The minimum atomic E-state index is 0.303. The number of carbonyl (C=O) groups is 1. The van der Waals surface area contributed by atoms with Gasteiger partial charge in [-0.15, -0.1) is 0 Å². The Morgan fingerprint density at radius 3 is 2.49 bits per heavy atom. The van der Waals surface area contributed by atoms with E-state index in [-0.39, 0.29) is 0 Å². The summed E-state index contributed by atoms with van der Waals surface area (Å²) in [7, 11) is 0. The first kappa shape index (κ1) is 22.6. The van der Waals surface area contributed by atoms with Crippen molar-refractivity contribution in [3.05, 3.63) is 54.4 Å². The van der Waals surface area contributed by atoms with Gasteiger partial charge in [-0.2, -0.15) is 5.10 Å². The molecule has 6 rings (SSSR count). The standard InChI is InChI=1S/C28H36N6O/c1-20(2)33-12-11-29-25(19-33)22-5-3-21(4-6-22)24-17-27-26(9-10-30-34(27)18-24)31-13-15-32(16-14-31)28(35)23-7-8-23/h3-6,9-10,17-18,20,23,25,29H,7-8,11-16,19H2,1-2H3/t25-/m0/s1. The summed E-state index contributed by atoms with van der Waals surface area (Å²) in [5.41, 5.74) is 6.05. The first-order chi connectivity index (χ1) is 17.1. The Labute approximate surface area is 207 Å². The quantitative estimate of drug-likeness (QED) is 0.617. The zero-order chi connectivity index (χ0) is 23.9. The van der Waals surface area contributed by atoms with Crippen LogP contribution in [0.15, 0.2) is 48.8 Å².